The quantitative estimate of drug-likeness (QED) is 0.380. The second-order valence-electron chi connectivity index (χ2n) is 9.64. The van der Waals surface area contributed by atoms with Crippen molar-refractivity contribution in [2.75, 3.05) is 0 Å². The Balaban J connectivity index is 1.58. The van der Waals surface area contributed by atoms with E-state index >= 15 is 0 Å². The summed E-state index contributed by atoms with van der Waals surface area (Å²) in [7, 11) is 0. The summed E-state index contributed by atoms with van der Waals surface area (Å²) >= 11 is 0. The van der Waals surface area contributed by atoms with Crippen LogP contribution < -0.4 is 0 Å². The van der Waals surface area contributed by atoms with Crippen LogP contribution in [0.1, 0.15) is 86.2 Å². The molecule has 4 rings (SSSR count). The molecule has 172 valence electrons. The Labute approximate surface area is 198 Å². The summed E-state index contributed by atoms with van der Waals surface area (Å²) in [5, 5.41) is 9.82. The Morgan fingerprint density at radius 1 is 0.788 bits per heavy atom. The average molecular weight is 441 g/mol. The van der Waals surface area contributed by atoms with E-state index in [-0.39, 0.29) is 0 Å². The highest BCUT2D eigenvalue weighted by atomic mass is 16.4. The minimum absolute atomic E-state index is 0.384. The van der Waals surface area contributed by atoms with E-state index in [1.165, 1.54) is 55.2 Å². The fourth-order valence-electron chi connectivity index (χ4n) is 5.43. The van der Waals surface area contributed by atoms with Gasteiger partial charge in [0.05, 0.1) is 5.56 Å². The van der Waals surface area contributed by atoms with Gasteiger partial charge in [0.2, 0.25) is 0 Å². The molecule has 1 saturated carbocycles. The number of hydrogen-bond donors (Lipinski definition) is 1. The molecule has 1 fully saturated rings. The first-order valence-corrected chi connectivity index (χ1v) is 12.7. The molecule has 3 aromatic carbocycles. The van der Waals surface area contributed by atoms with E-state index < -0.39 is 5.97 Å². The summed E-state index contributed by atoms with van der Waals surface area (Å²) in [4.78, 5) is 12.0. The third kappa shape index (κ3) is 5.55. The van der Waals surface area contributed by atoms with Gasteiger partial charge in [-0.25, -0.2) is 4.79 Å². The Morgan fingerprint density at radius 3 is 1.97 bits per heavy atom. The summed E-state index contributed by atoms with van der Waals surface area (Å²) in [5.41, 5.74) is 7.20. The topological polar surface area (TPSA) is 37.3 Å². The smallest absolute Gasteiger partial charge is 0.336 e. The van der Waals surface area contributed by atoms with Gasteiger partial charge in [0.1, 0.15) is 0 Å². The molecule has 0 unspecified atom stereocenters. The van der Waals surface area contributed by atoms with Gasteiger partial charge < -0.3 is 5.11 Å². The number of aryl methyl sites for hydroxylation is 1. The maximum absolute atomic E-state index is 12.0. The highest BCUT2D eigenvalue weighted by molar-refractivity contribution is 5.96. The summed E-state index contributed by atoms with van der Waals surface area (Å²) in [5.74, 6) is 0.548. The Hall–Kier alpha value is -2.87. The zero-order valence-electron chi connectivity index (χ0n) is 20.0. The van der Waals surface area contributed by atoms with Crippen LogP contribution in [0.4, 0.5) is 0 Å². The molecule has 0 aromatic heterocycles. The molecular formula is C31H36O2. The molecular weight excluding hydrogens is 404 g/mol. The van der Waals surface area contributed by atoms with Crippen LogP contribution in [0.5, 0.6) is 0 Å². The number of carboxylic acids is 1. The van der Waals surface area contributed by atoms with E-state index in [1.54, 1.807) is 0 Å². The molecule has 33 heavy (non-hydrogen) atoms. The highest BCUT2D eigenvalue weighted by Gasteiger charge is 2.23. The molecule has 0 atom stereocenters. The normalized spacial score (nSPS) is 18.2. The van der Waals surface area contributed by atoms with Crippen molar-refractivity contribution in [2.24, 2.45) is 5.92 Å². The number of carboxylic acid groups (broad SMARTS) is 1. The van der Waals surface area contributed by atoms with E-state index in [0.29, 0.717) is 11.5 Å². The number of rotatable bonds is 8. The SMILES string of the molecule is CCCc1ccc(-c2ccc(-c3cc([C@H]4CC[C@H](CCC)CC4)ccc3C(=O)O)cc2)cc1. The average Bonchev–Trinajstić information content (AvgIpc) is 2.85. The number of carbonyl (C=O) groups is 1. The van der Waals surface area contributed by atoms with Gasteiger partial charge in [0.25, 0.3) is 0 Å². The molecule has 2 heteroatoms. The van der Waals surface area contributed by atoms with Crippen LogP contribution in [-0.4, -0.2) is 11.1 Å². The maximum Gasteiger partial charge on any atom is 0.336 e. The summed E-state index contributed by atoms with van der Waals surface area (Å²) in [6.45, 7) is 4.47. The summed E-state index contributed by atoms with van der Waals surface area (Å²) < 4.78 is 0. The highest BCUT2D eigenvalue weighted by Crippen LogP contribution is 2.39. The van der Waals surface area contributed by atoms with Gasteiger partial charge in [-0.05, 0) is 83.4 Å². The lowest BCUT2D eigenvalue weighted by molar-refractivity contribution is 0.0697. The third-order valence-electron chi connectivity index (χ3n) is 7.31. The van der Waals surface area contributed by atoms with Crippen LogP contribution in [0.15, 0.2) is 66.7 Å². The van der Waals surface area contributed by atoms with E-state index in [9.17, 15) is 9.90 Å². The fourth-order valence-corrected chi connectivity index (χ4v) is 5.43. The molecule has 0 amide bonds. The van der Waals surface area contributed by atoms with Gasteiger partial charge in [-0.15, -0.1) is 0 Å². The first kappa shape index (κ1) is 23.3. The molecule has 2 nitrogen and oxygen atoms in total. The van der Waals surface area contributed by atoms with E-state index in [1.807, 2.05) is 12.1 Å². The van der Waals surface area contributed by atoms with Crippen molar-refractivity contribution in [3.8, 4) is 22.3 Å². The molecule has 0 bridgehead atoms. The zero-order valence-corrected chi connectivity index (χ0v) is 20.0. The Morgan fingerprint density at radius 2 is 1.39 bits per heavy atom. The van der Waals surface area contributed by atoms with Gasteiger partial charge in [-0.1, -0.05) is 93.8 Å². The van der Waals surface area contributed by atoms with Crippen LogP contribution in [-0.2, 0) is 6.42 Å². The number of hydrogen-bond acceptors (Lipinski definition) is 1. The lowest BCUT2D eigenvalue weighted by Gasteiger charge is -2.29. The lowest BCUT2D eigenvalue weighted by atomic mass is 9.76. The van der Waals surface area contributed by atoms with Crippen molar-refractivity contribution >= 4 is 5.97 Å². The second-order valence-corrected chi connectivity index (χ2v) is 9.64. The molecule has 0 radical (unpaired) electrons. The lowest BCUT2D eigenvalue weighted by Crippen LogP contribution is -2.13. The molecule has 1 aliphatic carbocycles. The predicted octanol–water partition coefficient (Wildman–Crippen LogP) is 8.75. The molecule has 1 aliphatic rings. The van der Waals surface area contributed by atoms with Crippen LogP contribution in [0.25, 0.3) is 22.3 Å². The Bertz CT molecular complexity index is 1060. The van der Waals surface area contributed by atoms with Crippen molar-refractivity contribution in [1.29, 1.82) is 0 Å². The molecule has 0 saturated heterocycles. The predicted molar refractivity (Wildman–Crippen MR) is 138 cm³/mol. The van der Waals surface area contributed by atoms with Crippen LogP contribution >= 0.6 is 0 Å². The van der Waals surface area contributed by atoms with Gasteiger partial charge in [0.15, 0.2) is 0 Å². The van der Waals surface area contributed by atoms with Crippen LogP contribution in [0, 0.1) is 5.92 Å². The first-order chi connectivity index (χ1) is 16.1. The van der Waals surface area contributed by atoms with Gasteiger partial charge >= 0.3 is 5.97 Å². The fraction of sp³-hybridized carbons (Fsp3) is 0.387. The van der Waals surface area contributed by atoms with Crippen LogP contribution in [0.2, 0.25) is 0 Å². The largest absolute Gasteiger partial charge is 0.478 e. The van der Waals surface area contributed by atoms with Gasteiger partial charge in [-0.3, -0.25) is 0 Å². The summed E-state index contributed by atoms with van der Waals surface area (Å²) in [6, 6.07) is 23.1. The monoisotopic (exact) mass is 440 g/mol. The number of benzene rings is 3. The van der Waals surface area contributed by atoms with E-state index in [4.69, 9.17) is 0 Å². The number of aromatic carboxylic acids is 1. The third-order valence-corrected chi connectivity index (χ3v) is 7.31. The standard InChI is InChI=1S/C31H36O2/c1-3-5-22-7-11-24(12-8-22)25-15-17-27(18-16-25)30-21-28(19-20-29(30)31(32)33)26-13-9-23(6-4-2)10-14-26/h7-8,11-12,15-21,23,26H,3-6,9-10,13-14H2,1-2H3,(H,32,33)/t23-,26-. The molecule has 0 spiro atoms. The first-order valence-electron chi connectivity index (χ1n) is 12.7. The van der Waals surface area contributed by atoms with Gasteiger partial charge in [0, 0.05) is 0 Å². The molecule has 1 N–H and O–H groups in total. The molecule has 0 aliphatic heterocycles. The van der Waals surface area contributed by atoms with Crippen molar-refractivity contribution < 1.29 is 9.90 Å². The van der Waals surface area contributed by atoms with Gasteiger partial charge in [-0.2, -0.15) is 0 Å². The van der Waals surface area contributed by atoms with E-state index in [2.05, 4.69) is 68.4 Å². The maximum atomic E-state index is 12.0. The van der Waals surface area contributed by atoms with E-state index in [0.717, 1.165) is 35.4 Å². The zero-order chi connectivity index (χ0) is 23.2. The summed E-state index contributed by atoms with van der Waals surface area (Å²) in [6.07, 6.45) is 9.87. The second kappa shape index (κ2) is 10.8. The van der Waals surface area contributed by atoms with Crippen molar-refractivity contribution in [2.45, 2.75) is 71.1 Å². The minimum atomic E-state index is -0.862. The van der Waals surface area contributed by atoms with Crippen molar-refractivity contribution in [3.05, 3.63) is 83.4 Å². The molecule has 3 aromatic rings. The minimum Gasteiger partial charge on any atom is -0.478 e. The van der Waals surface area contributed by atoms with Crippen molar-refractivity contribution in [3.63, 3.8) is 0 Å². The van der Waals surface area contributed by atoms with Crippen LogP contribution in [0.3, 0.4) is 0 Å². The Kier molecular flexibility index (Phi) is 7.65. The van der Waals surface area contributed by atoms with Crippen molar-refractivity contribution in [1.82, 2.24) is 0 Å². The molecule has 0 heterocycles.